The molecular weight excluding hydrogens is 294 g/mol. The Morgan fingerprint density at radius 3 is 3.10 bits per heavy atom. The minimum Gasteiger partial charge on any atom is -0.355 e. The number of nitrogens with one attached hydrogen (secondary N) is 1. The van der Waals surface area contributed by atoms with E-state index in [1.807, 2.05) is 19.1 Å². The molecule has 0 fully saturated rings. The van der Waals surface area contributed by atoms with Gasteiger partial charge in [-0.05, 0) is 24.6 Å². The summed E-state index contributed by atoms with van der Waals surface area (Å²) in [4.78, 5) is 16.3. The number of thiazole rings is 1. The molecule has 0 saturated carbocycles. The van der Waals surface area contributed by atoms with E-state index in [9.17, 15) is 10.1 Å². The van der Waals surface area contributed by atoms with Crippen molar-refractivity contribution in [1.29, 1.82) is 5.26 Å². The van der Waals surface area contributed by atoms with Gasteiger partial charge in [0.2, 0.25) is 5.91 Å². The first-order valence-corrected chi connectivity index (χ1v) is 7.58. The van der Waals surface area contributed by atoms with E-state index in [2.05, 4.69) is 10.3 Å². The van der Waals surface area contributed by atoms with Gasteiger partial charge in [-0.3, -0.25) is 4.79 Å². The fraction of sp³-hybridized carbons (Fsp3) is 0.357. The molecule has 1 N–H and O–H groups in total. The molecule has 0 aliphatic carbocycles. The normalized spacial score (nSPS) is 12.1. The Labute approximate surface area is 126 Å². The number of aromatic nitrogens is 1. The van der Waals surface area contributed by atoms with E-state index in [0.717, 1.165) is 23.1 Å². The second-order valence-corrected chi connectivity index (χ2v) is 5.87. The number of fused-ring (bicyclic) bond motifs is 1. The quantitative estimate of drug-likeness (QED) is 0.860. The molecule has 0 aliphatic heterocycles. The number of nitriles is 1. The monoisotopic (exact) mass is 307 g/mol. The van der Waals surface area contributed by atoms with Crippen LogP contribution in [0.3, 0.4) is 0 Å². The van der Waals surface area contributed by atoms with Gasteiger partial charge in [-0.1, -0.05) is 24.9 Å². The number of hydrogen-bond donors (Lipinski definition) is 1. The first kappa shape index (κ1) is 14.8. The van der Waals surface area contributed by atoms with Gasteiger partial charge in [0.05, 0.1) is 16.3 Å². The van der Waals surface area contributed by atoms with Crippen LogP contribution in [0.25, 0.3) is 10.2 Å². The van der Waals surface area contributed by atoms with Crippen LogP contribution < -0.4 is 5.32 Å². The molecule has 104 valence electrons. The summed E-state index contributed by atoms with van der Waals surface area (Å²) in [5, 5.41) is 13.1. The van der Waals surface area contributed by atoms with Gasteiger partial charge in [0.15, 0.2) is 5.92 Å². The van der Waals surface area contributed by atoms with Crippen LogP contribution in [0.5, 0.6) is 0 Å². The molecule has 1 aromatic heterocycles. The smallest absolute Gasteiger partial charge is 0.244 e. The minimum atomic E-state index is -0.858. The summed E-state index contributed by atoms with van der Waals surface area (Å²) in [5.41, 5.74) is 0.721. The lowest BCUT2D eigenvalue weighted by atomic mass is 10.1. The number of rotatable bonds is 5. The summed E-state index contributed by atoms with van der Waals surface area (Å²) in [6.07, 6.45) is 1.90. The van der Waals surface area contributed by atoms with Crippen LogP contribution in [0.2, 0.25) is 5.02 Å². The molecule has 0 aliphatic rings. The number of carbonyl (C=O) groups is 1. The number of hydrogen-bond acceptors (Lipinski definition) is 4. The Morgan fingerprint density at radius 1 is 1.60 bits per heavy atom. The number of benzene rings is 1. The summed E-state index contributed by atoms with van der Waals surface area (Å²) in [5.74, 6) is -1.14. The molecule has 1 heterocycles. The average Bonchev–Trinajstić information content (AvgIpc) is 2.82. The highest BCUT2D eigenvalue weighted by Crippen LogP contribution is 2.29. The highest BCUT2D eigenvalue weighted by atomic mass is 35.5. The summed E-state index contributed by atoms with van der Waals surface area (Å²) < 4.78 is 0.922. The predicted octanol–water partition coefficient (Wildman–Crippen LogP) is 3.47. The van der Waals surface area contributed by atoms with Crippen molar-refractivity contribution in [3.8, 4) is 6.07 Å². The van der Waals surface area contributed by atoms with Crippen LogP contribution in [-0.4, -0.2) is 17.4 Å². The zero-order chi connectivity index (χ0) is 14.5. The molecule has 0 spiro atoms. The number of carbonyl (C=O) groups excluding carboxylic acids is 1. The lowest BCUT2D eigenvalue weighted by Gasteiger charge is -2.06. The average molecular weight is 308 g/mol. The zero-order valence-corrected chi connectivity index (χ0v) is 12.6. The molecule has 0 unspecified atom stereocenters. The highest BCUT2D eigenvalue weighted by Gasteiger charge is 2.23. The molecule has 6 heteroatoms. The fourth-order valence-corrected chi connectivity index (χ4v) is 2.92. The molecule has 4 nitrogen and oxygen atoms in total. The minimum absolute atomic E-state index is 0.286. The molecule has 0 radical (unpaired) electrons. The number of nitrogens with zero attached hydrogens (tertiary/aromatic N) is 2. The lowest BCUT2D eigenvalue weighted by Crippen LogP contribution is -2.29. The van der Waals surface area contributed by atoms with E-state index in [1.54, 1.807) is 12.1 Å². The molecular formula is C14H14ClN3OS. The standard InChI is InChI=1S/C14H14ClN3OS/c1-2-3-6-17-13(19)10(8-16)14-18-11-7-9(15)4-5-12(11)20-14/h4-5,7,10H,2-3,6H2,1H3,(H,17,19)/t10-/m1/s1. The Bertz CT molecular complexity index is 662. The second-order valence-electron chi connectivity index (χ2n) is 4.37. The number of unbranched alkanes of at least 4 members (excludes halogenated alkanes) is 1. The van der Waals surface area contributed by atoms with Crippen molar-refractivity contribution in [1.82, 2.24) is 10.3 Å². The molecule has 0 saturated heterocycles. The molecule has 2 rings (SSSR count). The summed E-state index contributed by atoms with van der Waals surface area (Å²) >= 11 is 7.26. The van der Waals surface area contributed by atoms with Crippen molar-refractivity contribution in [2.24, 2.45) is 0 Å². The van der Waals surface area contributed by atoms with Gasteiger partial charge in [-0.2, -0.15) is 5.26 Å². The van der Waals surface area contributed by atoms with Crippen molar-refractivity contribution in [3.05, 3.63) is 28.2 Å². The second kappa shape index (κ2) is 6.69. The first-order valence-electron chi connectivity index (χ1n) is 6.39. The lowest BCUT2D eigenvalue weighted by molar-refractivity contribution is -0.121. The topological polar surface area (TPSA) is 65.8 Å². The Morgan fingerprint density at radius 2 is 2.40 bits per heavy atom. The first-order chi connectivity index (χ1) is 9.65. The molecule has 0 bridgehead atoms. The summed E-state index contributed by atoms with van der Waals surface area (Å²) in [7, 11) is 0. The number of halogens is 1. The third-order valence-corrected chi connectivity index (χ3v) is 4.17. The van der Waals surface area contributed by atoms with Crippen molar-refractivity contribution >= 4 is 39.1 Å². The fourth-order valence-electron chi connectivity index (χ4n) is 1.76. The maximum absolute atomic E-state index is 12.0. The van der Waals surface area contributed by atoms with Crippen molar-refractivity contribution in [2.45, 2.75) is 25.7 Å². The molecule has 20 heavy (non-hydrogen) atoms. The van der Waals surface area contributed by atoms with E-state index in [0.29, 0.717) is 16.6 Å². The highest BCUT2D eigenvalue weighted by molar-refractivity contribution is 7.18. The summed E-state index contributed by atoms with van der Waals surface area (Å²) in [6.45, 7) is 2.63. The largest absolute Gasteiger partial charge is 0.355 e. The van der Waals surface area contributed by atoms with E-state index in [1.165, 1.54) is 11.3 Å². The van der Waals surface area contributed by atoms with Crippen molar-refractivity contribution in [2.75, 3.05) is 6.54 Å². The van der Waals surface area contributed by atoms with Crippen LogP contribution in [-0.2, 0) is 4.79 Å². The summed E-state index contributed by atoms with van der Waals surface area (Å²) in [6, 6.07) is 7.38. The van der Waals surface area contributed by atoms with Crippen molar-refractivity contribution in [3.63, 3.8) is 0 Å². The van der Waals surface area contributed by atoms with Gasteiger partial charge in [0.1, 0.15) is 5.01 Å². The van der Waals surface area contributed by atoms with Crippen LogP contribution in [0.4, 0.5) is 0 Å². The SMILES string of the molecule is CCCCNC(=O)[C@@H](C#N)c1nc2cc(Cl)ccc2s1. The van der Waals surface area contributed by atoms with E-state index in [4.69, 9.17) is 11.6 Å². The van der Waals surface area contributed by atoms with Gasteiger partial charge in [0.25, 0.3) is 0 Å². The van der Waals surface area contributed by atoms with Gasteiger partial charge in [-0.15, -0.1) is 11.3 Å². The van der Waals surface area contributed by atoms with Gasteiger partial charge in [-0.25, -0.2) is 4.98 Å². The van der Waals surface area contributed by atoms with E-state index < -0.39 is 5.92 Å². The maximum Gasteiger partial charge on any atom is 0.244 e. The van der Waals surface area contributed by atoms with Gasteiger partial charge < -0.3 is 5.32 Å². The van der Waals surface area contributed by atoms with E-state index in [-0.39, 0.29) is 5.91 Å². The van der Waals surface area contributed by atoms with Crippen molar-refractivity contribution < 1.29 is 4.79 Å². The Kier molecular flexibility index (Phi) is 4.94. The maximum atomic E-state index is 12.0. The Hall–Kier alpha value is -1.64. The predicted molar refractivity (Wildman–Crippen MR) is 80.9 cm³/mol. The molecule has 1 atom stereocenters. The Balaban J connectivity index is 2.21. The zero-order valence-electron chi connectivity index (χ0n) is 11.0. The van der Waals surface area contributed by atoms with Crippen LogP contribution >= 0.6 is 22.9 Å². The third kappa shape index (κ3) is 3.27. The van der Waals surface area contributed by atoms with Gasteiger partial charge >= 0.3 is 0 Å². The van der Waals surface area contributed by atoms with E-state index >= 15 is 0 Å². The van der Waals surface area contributed by atoms with Crippen LogP contribution in [0, 0.1) is 11.3 Å². The van der Waals surface area contributed by atoms with Crippen LogP contribution in [0.15, 0.2) is 18.2 Å². The molecule has 2 aromatic rings. The third-order valence-electron chi connectivity index (χ3n) is 2.83. The van der Waals surface area contributed by atoms with Crippen LogP contribution in [0.1, 0.15) is 30.7 Å². The molecule has 1 aromatic carbocycles. The molecule has 1 amide bonds. The number of amides is 1. The van der Waals surface area contributed by atoms with Gasteiger partial charge in [0, 0.05) is 11.6 Å².